The number of aliphatic hydroxyl groups is 1. The predicted octanol–water partition coefficient (Wildman–Crippen LogP) is 1.07. The number of aliphatic hydroxyl groups excluding tert-OH is 1. The second-order valence-electron chi connectivity index (χ2n) is 5.60. The van der Waals surface area contributed by atoms with Crippen molar-refractivity contribution in [3.05, 3.63) is 24.7 Å². The fourth-order valence-corrected chi connectivity index (χ4v) is 1.42. The van der Waals surface area contributed by atoms with Crippen molar-refractivity contribution < 1.29 is 9.84 Å². The van der Waals surface area contributed by atoms with Gasteiger partial charge in [0.1, 0.15) is 11.7 Å². The molecule has 1 rings (SSSR count). The predicted molar refractivity (Wildman–Crippen MR) is 72.9 cm³/mol. The molecule has 0 fully saturated rings. The Bertz CT molecular complexity index is 356. The van der Waals surface area contributed by atoms with Crippen molar-refractivity contribution >= 4 is 5.84 Å². The van der Waals surface area contributed by atoms with Crippen molar-refractivity contribution in [2.24, 2.45) is 16.1 Å². The number of amidine groups is 1. The van der Waals surface area contributed by atoms with E-state index in [0.717, 1.165) is 0 Å². The molecule has 0 bridgehead atoms. The summed E-state index contributed by atoms with van der Waals surface area (Å²) in [5, 5.41) is 9.33. The molecule has 1 aliphatic rings. The maximum atomic E-state index is 9.33. The molecule has 3 N–H and O–H groups in total. The summed E-state index contributed by atoms with van der Waals surface area (Å²) in [5.74, 6) is 1.00. The van der Waals surface area contributed by atoms with Crippen LogP contribution in [-0.4, -0.2) is 41.7 Å². The Balaban J connectivity index is 2.49. The summed E-state index contributed by atoms with van der Waals surface area (Å²) in [6.45, 7) is 11.1. The van der Waals surface area contributed by atoms with Gasteiger partial charge in [0, 0.05) is 6.20 Å². The van der Waals surface area contributed by atoms with Gasteiger partial charge in [-0.15, -0.1) is 0 Å². The first-order valence-electron chi connectivity index (χ1n) is 6.02. The molecule has 0 saturated heterocycles. The highest BCUT2D eigenvalue weighted by Gasteiger charge is 2.19. The number of hydrogen-bond acceptors (Lipinski definition) is 5. The van der Waals surface area contributed by atoms with E-state index in [-0.39, 0.29) is 18.1 Å². The van der Waals surface area contributed by atoms with E-state index in [1.165, 1.54) is 0 Å². The maximum absolute atomic E-state index is 9.33. The van der Waals surface area contributed by atoms with Crippen LogP contribution in [0.4, 0.5) is 0 Å². The highest BCUT2D eigenvalue weighted by atomic mass is 16.5. The van der Waals surface area contributed by atoms with Gasteiger partial charge in [0.15, 0.2) is 0 Å². The van der Waals surface area contributed by atoms with Gasteiger partial charge in [-0.1, -0.05) is 27.4 Å². The van der Waals surface area contributed by atoms with E-state index in [1.54, 1.807) is 12.3 Å². The lowest BCUT2D eigenvalue weighted by Gasteiger charge is -2.29. The quantitative estimate of drug-likeness (QED) is 0.769. The fourth-order valence-electron chi connectivity index (χ4n) is 1.42. The first-order valence-corrected chi connectivity index (χ1v) is 6.02. The Morgan fingerprint density at radius 2 is 2.22 bits per heavy atom. The van der Waals surface area contributed by atoms with Crippen LogP contribution in [0.1, 0.15) is 20.8 Å². The molecule has 0 unspecified atom stereocenters. The van der Waals surface area contributed by atoms with E-state index in [1.807, 2.05) is 4.90 Å². The van der Waals surface area contributed by atoms with E-state index in [0.29, 0.717) is 24.8 Å². The minimum absolute atomic E-state index is 0.0348. The van der Waals surface area contributed by atoms with E-state index >= 15 is 0 Å². The van der Waals surface area contributed by atoms with Gasteiger partial charge in [-0.25, -0.2) is 4.99 Å². The standard InChI is InChI=1S/C13H23N3O2/c1-10-15-12(14)5-6-16(10)7-11(8-17)18-9-13(2,3)4/h5-6,11,17H,1,7-9H2,2-4H3,(H2,14,15)/t11-/m0/s1. The van der Waals surface area contributed by atoms with E-state index in [2.05, 4.69) is 32.3 Å². The first kappa shape index (κ1) is 14.7. The summed E-state index contributed by atoms with van der Waals surface area (Å²) in [6.07, 6.45) is 3.24. The van der Waals surface area contributed by atoms with Gasteiger partial charge in [0.25, 0.3) is 0 Å². The van der Waals surface area contributed by atoms with E-state index in [4.69, 9.17) is 10.5 Å². The van der Waals surface area contributed by atoms with Crippen LogP contribution in [0, 0.1) is 5.41 Å². The van der Waals surface area contributed by atoms with Crippen LogP contribution >= 0.6 is 0 Å². The lowest BCUT2D eigenvalue weighted by molar-refractivity contribution is -0.0278. The van der Waals surface area contributed by atoms with Crippen LogP contribution in [0.5, 0.6) is 0 Å². The number of hydrogen-bond donors (Lipinski definition) is 2. The molecule has 0 aromatic rings. The van der Waals surface area contributed by atoms with Gasteiger partial charge >= 0.3 is 0 Å². The highest BCUT2D eigenvalue weighted by Crippen LogP contribution is 2.16. The van der Waals surface area contributed by atoms with Crippen LogP contribution in [-0.2, 0) is 4.74 Å². The topological polar surface area (TPSA) is 71.1 Å². The summed E-state index contributed by atoms with van der Waals surface area (Å²) in [7, 11) is 0. The molecule has 18 heavy (non-hydrogen) atoms. The second-order valence-corrected chi connectivity index (χ2v) is 5.60. The van der Waals surface area contributed by atoms with Gasteiger partial charge < -0.3 is 20.5 Å². The normalized spacial score (nSPS) is 17.9. The minimum Gasteiger partial charge on any atom is -0.394 e. The molecule has 5 nitrogen and oxygen atoms in total. The molecular formula is C13H23N3O2. The minimum atomic E-state index is -0.264. The Hall–Kier alpha value is -1.33. The van der Waals surface area contributed by atoms with Gasteiger partial charge in [0.05, 0.1) is 25.9 Å². The third kappa shape index (κ3) is 4.89. The molecule has 0 aliphatic carbocycles. The van der Waals surface area contributed by atoms with Crippen molar-refractivity contribution in [3.63, 3.8) is 0 Å². The Kier molecular flexibility index (Phi) is 4.93. The molecule has 0 amide bonds. The second kappa shape index (κ2) is 6.02. The molecule has 0 aromatic carbocycles. The van der Waals surface area contributed by atoms with Crippen LogP contribution in [0.2, 0.25) is 0 Å². The Labute approximate surface area is 109 Å². The molecule has 0 aromatic heterocycles. The molecule has 5 heteroatoms. The average Bonchev–Trinajstić information content (AvgIpc) is 2.25. The summed E-state index contributed by atoms with van der Waals surface area (Å²) in [6, 6.07) is 0. The third-order valence-electron chi connectivity index (χ3n) is 2.37. The largest absolute Gasteiger partial charge is 0.394 e. The van der Waals surface area contributed by atoms with Crippen molar-refractivity contribution in [2.45, 2.75) is 26.9 Å². The van der Waals surface area contributed by atoms with Crippen molar-refractivity contribution in [2.75, 3.05) is 19.8 Å². The van der Waals surface area contributed by atoms with Gasteiger partial charge in [-0.2, -0.15) is 0 Å². The number of nitrogens with zero attached hydrogens (tertiary/aromatic N) is 2. The SMILES string of the molecule is C=C1N=C(N)C=CN1C[C@@H](CO)OCC(C)(C)C. The number of rotatable bonds is 5. The van der Waals surface area contributed by atoms with Crippen LogP contribution in [0.25, 0.3) is 0 Å². The summed E-state index contributed by atoms with van der Waals surface area (Å²) < 4.78 is 5.69. The Morgan fingerprint density at radius 1 is 1.56 bits per heavy atom. The first-order chi connectivity index (χ1) is 8.31. The lowest BCUT2D eigenvalue weighted by Crippen LogP contribution is -2.35. The molecule has 0 radical (unpaired) electrons. The number of nitrogens with two attached hydrogens (primary N) is 1. The van der Waals surface area contributed by atoms with E-state index < -0.39 is 0 Å². The van der Waals surface area contributed by atoms with Crippen molar-refractivity contribution in [1.82, 2.24) is 4.90 Å². The zero-order valence-corrected chi connectivity index (χ0v) is 11.4. The average molecular weight is 253 g/mol. The molecule has 0 saturated carbocycles. The number of aliphatic imine (C=N–C) groups is 1. The summed E-state index contributed by atoms with van der Waals surface area (Å²) in [5.41, 5.74) is 5.64. The van der Waals surface area contributed by atoms with Crippen molar-refractivity contribution in [1.29, 1.82) is 0 Å². The van der Waals surface area contributed by atoms with Crippen LogP contribution in [0.15, 0.2) is 29.7 Å². The number of ether oxygens (including phenoxy) is 1. The molecular weight excluding hydrogens is 230 g/mol. The fraction of sp³-hybridized carbons (Fsp3) is 0.615. The third-order valence-corrected chi connectivity index (χ3v) is 2.37. The molecule has 1 heterocycles. The van der Waals surface area contributed by atoms with E-state index in [9.17, 15) is 5.11 Å². The molecule has 1 aliphatic heterocycles. The summed E-state index contributed by atoms with van der Waals surface area (Å²) >= 11 is 0. The van der Waals surface area contributed by atoms with Crippen LogP contribution < -0.4 is 5.73 Å². The highest BCUT2D eigenvalue weighted by molar-refractivity contribution is 5.92. The van der Waals surface area contributed by atoms with Gasteiger partial charge in [0.2, 0.25) is 0 Å². The molecule has 102 valence electrons. The zero-order chi connectivity index (χ0) is 13.8. The Morgan fingerprint density at radius 3 is 2.72 bits per heavy atom. The smallest absolute Gasteiger partial charge is 0.127 e. The summed E-state index contributed by atoms with van der Waals surface area (Å²) in [4.78, 5) is 5.88. The lowest BCUT2D eigenvalue weighted by atomic mass is 9.98. The van der Waals surface area contributed by atoms with Crippen LogP contribution in [0.3, 0.4) is 0 Å². The monoisotopic (exact) mass is 253 g/mol. The maximum Gasteiger partial charge on any atom is 0.127 e. The molecule has 0 spiro atoms. The van der Waals surface area contributed by atoms with Crippen molar-refractivity contribution in [3.8, 4) is 0 Å². The molecule has 1 atom stereocenters. The van der Waals surface area contributed by atoms with Gasteiger partial charge in [-0.3, -0.25) is 0 Å². The van der Waals surface area contributed by atoms with Gasteiger partial charge in [-0.05, 0) is 11.5 Å². The zero-order valence-electron chi connectivity index (χ0n) is 11.4.